The molecule has 0 aromatic rings. The second-order valence-electron chi connectivity index (χ2n) is 5.14. The first kappa shape index (κ1) is 15.9. The molecule has 0 bridgehead atoms. The van der Waals surface area contributed by atoms with Gasteiger partial charge in [-0.2, -0.15) is 0 Å². The lowest BCUT2D eigenvalue weighted by Crippen LogP contribution is -2.36. The third kappa shape index (κ3) is 7.24. The standard InChI is InChI=1S/C14H31NO/c1-6-10-15-13(4)14(12(2)3)9-7-8-11-16-5/h12-15H,6-11H2,1-5H3. The molecule has 2 heteroatoms. The molecule has 0 fully saturated rings. The second kappa shape index (κ2) is 10.1. The number of unbranched alkanes of at least 4 members (excludes halogenated alkanes) is 1. The van der Waals surface area contributed by atoms with Crippen molar-refractivity contribution in [3.8, 4) is 0 Å². The van der Waals surface area contributed by atoms with Crippen LogP contribution in [-0.2, 0) is 4.74 Å². The van der Waals surface area contributed by atoms with Crippen molar-refractivity contribution in [3.05, 3.63) is 0 Å². The minimum atomic E-state index is 0.641. The van der Waals surface area contributed by atoms with E-state index in [9.17, 15) is 0 Å². The van der Waals surface area contributed by atoms with E-state index in [0.717, 1.165) is 25.0 Å². The fraction of sp³-hybridized carbons (Fsp3) is 1.00. The summed E-state index contributed by atoms with van der Waals surface area (Å²) in [7, 11) is 1.78. The van der Waals surface area contributed by atoms with E-state index in [1.165, 1.54) is 25.7 Å². The van der Waals surface area contributed by atoms with Crippen LogP contribution < -0.4 is 5.32 Å². The monoisotopic (exact) mass is 229 g/mol. The smallest absolute Gasteiger partial charge is 0.0462 e. The lowest BCUT2D eigenvalue weighted by Gasteiger charge is -2.28. The third-order valence-electron chi connectivity index (χ3n) is 3.35. The van der Waals surface area contributed by atoms with E-state index in [1.54, 1.807) is 7.11 Å². The van der Waals surface area contributed by atoms with Crippen LogP contribution in [0.15, 0.2) is 0 Å². The predicted octanol–water partition coefficient (Wildman–Crippen LogP) is 3.46. The first-order valence-corrected chi connectivity index (χ1v) is 6.85. The van der Waals surface area contributed by atoms with Crippen LogP contribution >= 0.6 is 0 Å². The van der Waals surface area contributed by atoms with Gasteiger partial charge in [-0.15, -0.1) is 0 Å². The van der Waals surface area contributed by atoms with Crippen molar-refractivity contribution in [2.75, 3.05) is 20.3 Å². The van der Waals surface area contributed by atoms with Gasteiger partial charge in [-0.05, 0) is 44.6 Å². The van der Waals surface area contributed by atoms with Crippen LogP contribution in [0.5, 0.6) is 0 Å². The summed E-state index contributed by atoms with van der Waals surface area (Å²) in [6.45, 7) is 11.3. The summed E-state index contributed by atoms with van der Waals surface area (Å²) in [6.07, 6.45) is 5.02. The molecule has 0 heterocycles. The van der Waals surface area contributed by atoms with Crippen LogP contribution in [0, 0.1) is 11.8 Å². The fourth-order valence-corrected chi connectivity index (χ4v) is 2.31. The molecule has 0 aromatic carbocycles. The summed E-state index contributed by atoms with van der Waals surface area (Å²) in [5.41, 5.74) is 0. The number of nitrogens with one attached hydrogen (secondary N) is 1. The zero-order chi connectivity index (χ0) is 12.4. The SMILES string of the molecule is CCCNC(C)C(CCCCOC)C(C)C. The molecule has 2 nitrogen and oxygen atoms in total. The Bertz CT molecular complexity index is 148. The van der Waals surface area contributed by atoms with Gasteiger partial charge in [-0.1, -0.05) is 27.2 Å². The van der Waals surface area contributed by atoms with E-state index < -0.39 is 0 Å². The van der Waals surface area contributed by atoms with Gasteiger partial charge in [0.25, 0.3) is 0 Å². The van der Waals surface area contributed by atoms with Crippen LogP contribution in [0.25, 0.3) is 0 Å². The van der Waals surface area contributed by atoms with Gasteiger partial charge in [0.05, 0.1) is 0 Å². The summed E-state index contributed by atoms with van der Waals surface area (Å²) in [4.78, 5) is 0. The Hall–Kier alpha value is -0.0800. The lowest BCUT2D eigenvalue weighted by molar-refractivity contribution is 0.184. The van der Waals surface area contributed by atoms with E-state index in [0.29, 0.717) is 6.04 Å². The maximum absolute atomic E-state index is 5.09. The van der Waals surface area contributed by atoms with Gasteiger partial charge in [-0.3, -0.25) is 0 Å². The quantitative estimate of drug-likeness (QED) is 0.579. The molecule has 2 unspecified atom stereocenters. The Kier molecular flexibility index (Phi) is 10.0. The van der Waals surface area contributed by atoms with E-state index >= 15 is 0 Å². The molecule has 0 saturated carbocycles. The number of hydrogen-bond acceptors (Lipinski definition) is 2. The minimum absolute atomic E-state index is 0.641. The van der Waals surface area contributed by atoms with Gasteiger partial charge in [0.2, 0.25) is 0 Å². The summed E-state index contributed by atoms with van der Waals surface area (Å²) in [6, 6.07) is 0.641. The van der Waals surface area contributed by atoms with Gasteiger partial charge < -0.3 is 10.1 Å². The Balaban J connectivity index is 3.86. The number of rotatable bonds is 10. The summed E-state index contributed by atoms with van der Waals surface area (Å²) < 4.78 is 5.09. The van der Waals surface area contributed by atoms with Crippen LogP contribution in [0.4, 0.5) is 0 Å². The molecule has 0 radical (unpaired) electrons. The Morgan fingerprint density at radius 3 is 2.31 bits per heavy atom. The van der Waals surface area contributed by atoms with Crippen molar-refractivity contribution >= 4 is 0 Å². The average molecular weight is 229 g/mol. The zero-order valence-electron chi connectivity index (χ0n) is 11.9. The maximum Gasteiger partial charge on any atom is 0.0462 e. The fourth-order valence-electron chi connectivity index (χ4n) is 2.31. The molecule has 1 N–H and O–H groups in total. The molecule has 0 aromatic heterocycles. The zero-order valence-corrected chi connectivity index (χ0v) is 11.9. The van der Waals surface area contributed by atoms with Crippen LogP contribution in [0.1, 0.15) is 53.4 Å². The molecule has 0 aliphatic rings. The molecule has 2 atom stereocenters. The Morgan fingerprint density at radius 1 is 1.12 bits per heavy atom. The average Bonchev–Trinajstić information content (AvgIpc) is 2.25. The molecule has 0 amide bonds. The summed E-state index contributed by atoms with van der Waals surface area (Å²) >= 11 is 0. The second-order valence-corrected chi connectivity index (χ2v) is 5.14. The van der Waals surface area contributed by atoms with E-state index in [4.69, 9.17) is 4.74 Å². The van der Waals surface area contributed by atoms with E-state index in [1.807, 2.05) is 0 Å². The van der Waals surface area contributed by atoms with Crippen LogP contribution in [0.2, 0.25) is 0 Å². The molecule has 0 rings (SSSR count). The van der Waals surface area contributed by atoms with Crippen molar-refractivity contribution in [1.82, 2.24) is 5.32 Å². The van der Waals surface area contributed by atoms with Crippen molar-refractivity contribution in [2.24, 2.45) is 11.8 Å². The van der Waals surface area contributed by atoms with Gasteiger partial charge in [0.15, 0.2) is 0 Å². The van der Waals surface area contributed by atoms with Crippen LogP contribution in [-0.4, -0.2) is 26.3 Å². The van der Waals surface area contributed by atoms with E-state index in [2.05, 4.69) is 33.0 Å². The molecular weight excluding hydrogens is 198 g/mol. The van der Waals surface area contributed by atoms with Crippen molar-refractivity contribution in [2.45, 2.75) is 59.4 Å². The maximum atomic E-state index is 5.09. The highest BCUT2D eigenvalue weighted by Crippen LogP contribution is 2.22. The predicted molar refractivity (Wildman–Crippen MR) is 71.8 cm³/mol. The first-order valence-electron chi connectivity index (χ1n) is 6.85. The number of hydrogen-bond donors (Lipinski definition) is 1. The molecule has 98 valence electrons. The highest BCUT2D eigenvalue weighted by Gasteiger charge is 2.19. The van der Waals surface area contributed by atoms with Gasteiger partial charge in [0.1, 0.15) is 0 Å². The van der Waals surface area contributed by atoms with Crippen molar-refractivity contribution < 1.29 is 4.74 Å². The molecule has 0 aliphatic heterocycles. The topological polar surface area (TPSA) is 21.3 Å². The largest absolute Gasteiger partial charge is 0.385 e. The van der Waals surface area contributed by atoms with E-state index in [-0.39, 0.29) is 0 Å². The van der Waals surface area contributed by atoms with Crippen molar-refractivity contribution in [1.29, 1.82) is 0 Å². The third-order valence-corrected chi connectivity index (χ3v) is 3.35. The minimum Gasteiger partial charge on any atom is -0.385 e. The number of methoxy groups -OCH3 is 1. The molecule has 0 aliphatic carbocycles. The summed E-state index contributed by atoms with van der Waals surface area (Å²) in [5, 5.41) is 3.62. The molecular formula is C14H31NO. The molecule has 16 heavy (non-hydrogen) atoms. The Labute approximate surface area is 102 Å². The molecule has 0 spiro atoms. The van der Waals surface area contributed by atoms with Crippen LogP contribution in [0.3, 0.4) is 0 Å². The van der Waals surface area contributed by atoms with Gasteiger partial charge >= 0.3 is 0 Å². The highest BCUT2D eigenvalue weighted by molar-refractivity contribution is 4.75. The highest BCUT2D eigenvalue weighted by atomic mass is 16.5. The Morgan fingerprint density at radius 2 is 1.81 bits per heavy atom. The number of ether oxygens (including phenoxy) is 1. The molecule has 0 saturated heterocycles. The van der Waals surface area contributed by atoms with Gasteiger partial charge in [0, 0.05) is 19.8 Å². The summed E-state index contributed by atoms with van der Waals surface area (Å²) in [5.74, 6) is 1.56. The van der Waals surface area contributed by atoms with Crippen molar-refractivity contribution in [3.63, 3.8) is 0 Å². The first-order chi connectivity index (χ1) is 7.63. The normalized spacial score (nSPS) is 15.4. The lowest BCUT2D eigenvalue weighted by atomic mass is 9.85. The van der Waals surface area contributed by atoms with Gasteiger partial charge in [-0.25, -0.2) is 0 Å².